The maximum atomic E-state index is 13.1. The highest BCUT2D eigenvalue weighted by atomic mass is 19.4. The lowest BCUT2D eigenvalue weighted by Gasteiger charge is -2.13. The van der Waals surface area contributed by atoms with Crippen molar-refractivity contribution >= 4 is 5.96 Å². The second-order valence-electron chi connectivity index (χ2n) is 5.41. The van der Waals surface area contributed by atoms with Crippen molar-refractivity contribution in [2.75, 3.05) is 13.1 Å². The number of hydrogen-bond donors (Lipinski definition) is 2. The fourth-order valence-electron chi connectivity index (χ4n) is 2.19. The van der Waals surface area contributed by atoms with E-state index >= 15 is 0 Å². The fraction of sp³-hybridized carbons (Fsp3) is 0.438. The highest BCUT2D eigenvalue weighted by Gasteiger charge is 2.33. The van der Waals surface area contributed by atoms with Gasteiger partial charge < -0.3 is 15.2 Å². The minimum Gasteiger partial charge on any atom is -0.357 e. The van der Waals surface area contributed by atoms with Crippen LogP contribution in [0, 0.1) is 12.7 Å². The lowest BCUT2D eigenvalue weighted by Crippen LogP contribution is -2.38. The monoisotopic (exact) mass is 373 g/mol. The van der Waals surface area contributed by atoms with Gasteiger partial charge in [0.2, 0.25) is 5.89 Å². The average molecular weight is 373 g/mol. The number of guanidine groups is 1. The van der Waals surface area contributed by atoms with E-state index < -0.39 is 17.6 Å². The SMILES string of the molecule is CCNC(=NCc1ccc(F)cc1C(F)(F)F)NCCc1nc(C)no1. The van der Waals surface area contributed by atoms with Gasteiger partial charge in [-0.05, 0) is 31.5 Å². The van der Waals surface area contributed by atoms with Crippen LogP contribution in [0.5, 0.6) is 0 Å². The van der Waals surface area contributed by atoms with Crippen molar-refractivity contribution in [3.05, 3.63) is 46.9 Å². The van der Waals surface area contributed by atoms with Gasteiger partial charge in [-0.25, -0.2) is 9.38 Å². The molecule has 0 aliphatic rings. The van der Waals surface area contributed by atoms with E-state index in [0.717, 1.165) is 12.1 Å². The molecule has 0 fully saturated rings. The first-order chi connectivity index (χ1) is 12.3. The summed E-state index contributed by atoms with van der Waals surface area (Å²) in [5.41, 5.74) is -1.14. The molecule has 0 saturated carbocycles. The molecule has 1 heterocycles. The summed E-state index contributed by atoms with van der Waals surface area (Å²) in [5.74, 6) is 0.367. The molecule has 2 aromatic rings. The Bertz CT molecular complexity index is 757. The first-order valence-corrected chi connectivity index (χ1v) is 7.96. The van der Waals surface area contributed by atoms with E-state index in [1.165, 1.54) is 0 Å². The number of nitrogens with one attached hydrogen (secondary N) is 2. The number of hydrogen-bond acceptors (Lipinski definition) is 4. The number of nitrogens with zero attached hydrogens (tertiary/aromatic N) is 3. The number of alkyl halides is 3. The highest BCUT2D eigenvalue weighted by molar-refractivity contribution is 5.79. The van der Waals surface area contributed by atoms with Gasteiger partial charge in [0.05, 0.1) is 12.1 Å². The predicted molar refractivity (Wildman–Crippen MR) is 87.0 cm³/mol. The Morgan fingerprint density at radius 2 is 2.04 bits per heavy atom. The highest BCUT2D eigenvalue weighted by Crippen LogP contribution is 2.32. The molecule has 2 N–H and O–H groups in total. The Morgan fingerprint density at radius 3 is 2.65 bits per heavy atom. The molecule has 10 heteroatoms. The predicted octanol–water partition coefficient (Wildman–Crippen LogP) is 2.83. The van der Waals surface area contributed by atoms with Crippen molar-refractivity contribution in [2.45, 2.75) is 33.0 Å². The molecular formula is C16H19F4N5O. The molecule has 142 valence electrons. The molecule has 6 nitrogen and oxygen atoms in total. The van der Waals surface area contributed by atoms with Crippen LogP contribution in [0.25, 0.3) is 0 Å². The zero-order chi connectivity index (χ0) is 19.2. The molecule has 1 aromatic carbocycles. The largest absolute Gasteiger partial charge is 0.416 e. The number of benzene rings is 1. The van der Waals surface area contributed by atoms with Crippen LogP contribution in [0.1, 0.15) is 29.8 Å². The summed E-state index contributed by atoms with van der Waals surface area (Å²) in [6, 6.07) is 2.55. The van der Waals surface area contributed by atoms with Crippen molar-refractivity contribution in [2.24, 2.45) is 4.99 Å². The van der Waals surface area contributed by atoms with Gasteiger partial charge in [-0.2, -0.15) is 18.2 Å². The average Bonchev–Trinajstić information content (AvgIpc) is 2.98. The summed E-state index contributed by atoms with van der Waals surface area (Å²) in [7, 11) is 0. The molecule has 0 radical (unpaired) electrons. The lowest BCUT2D eigenvalue weighted by atomic mass is 10.1. The molecule has 0 aliphatic carbocycles. The van der Waals surface area contributed by atoms with E-state index in [9.17, 15) is 17.6 Å². The Morgan fingerprint density at radius 1 is 1.27 bits per heavy atom. The van der Waals surface area contributed by atoms with Crippen LogP contribution < -0.4 is 10.6 Å². The van der Waals surface area contributed by atoms with E-state index in [1.54, 1.807) is 6.92 Å². The quantitative estimate of drug-likeness (QED) is 0.463. The topological polar surface area (TPSA) is 75.3 Å². The van der Waals surface area contributed by atoms with Crippen LogP contribution in [0.15, 0.2) is 27.7 Å². The standard InChI is InChI=1S/C16H19F4N5O/c1-3-21-15(22-7-6-14-24-10(2)25-26-14)23-9-11-4-5-12(17)8-13(11)16(18,19)20/h4-5,8H,3,6-7,9H2,1-2H3,(H2,21,22,23). The molecule has 26 heavy (non-hydrogen) atoms. The molecule has 1 aromatic heterocycles. The van der Waals surface area contributed by atoms with Crippen LogP contribution in [0.4, 0.5) is 17.6 Å². The third-order valence-electron chi connectivity index (χ3n) is 3.33. The number of aromatic nitrogens is 2. The van der Waals surface area contributed by atoms with Gasteiger partial charge in [-0.15, -0.1) is 0 Å². The Hall–Kier alpha value is -2.65. The maximum Gasteiger partial charge on any atom is 0.416 e. The van der Waals surface area contributed by atoms with E-state index in [2.05, 4.69) is 25.8 Å². The molecule has 0 atom stereocenters. The normalized spacial score (nSPS) is 12.3. The molecular weight excluding hydrogens is 354 g/mol. The van der Waals surface area contributed by atoms with E-state index in [1.807, 2.05) is 6.92 Å². The summed E-state index contributed by atoms with van der Waals surface area (Å²) < 4.78 is 57.2. The molecule has 2 rings (SSSR count). The Balaban J connectivity index is 2.04. The van der Waals surface area contributed by atoms with E-state index in [-0.39, 0.29) is 12.1 Å². The summed E-state index contributed by atoms with van der Waals surface area (Å²) in [5, 5.41) is 9.57. The van der Waals surface area contributed by atoms with Crippen LogP contribution in [0.2, 0.25) is 0 Å². The first-order valence-electron chi connectivity index (χ1n) is 7.96. The van der Waals surface area contributed by atoms with Crippen molar-refractivity contribution in [1.82, 2.24) is 20.8 Å². The molecule has 0 bridgehead atoms. The minimum atomic E-state index is -4.64. The number of halogens is 4. The summed E-state index contributed by atoms with van der Waals surface area (Å²) in [6.07, 6.45) is -4.20. The number of aryl methyl sites for hydroxylation is 1. The van der Waals surface area contributed by atoms with Gasteiger partial charge in [0.1, 0.15) is 5.82 Å². The summed E-state index contributed by atoms with van der Waals surface area (Å²) in [4.78, 5) is 8.18. The second kappa shape index (κ2) is 8.63. The molecule has 0 spiro atoms. The summed E-state index contributed by atoms with van der Waals surface area (Å²) in [6.45, 7) is 4.22. The number of rotatable bonds is 6. The van der Waals surface area contributed by atoms with E-state index in [4.69, 9.17) is 4.52 Å². The van der Waals surface area contributed by atoms with Gasteiger partial charge in [0.15, 0.2) is 11.8 Å². The van der Waals surface area contributed by atoms with Crippen molar-refractivity contribution in [3.8, 4) is 0 Å². The number of aliphatic imine (C=N–C) groups is 1. The van der Waals surface area contributed by atoms with Crippen LogP contribution in [0.3, 0.4) is 0 Å². The van der Waals surface area contributed by atoms with Crippen LogP contribution >= 0.6 is 0 Å². The molecule has 0 aliphatic heterocycles. The van der Waals surface area contributed by atoms with Gasteiger partial charge in [-0.3, -0.25) is 0 Å². The maximum absolute atomic E-state index is 13.1. The van der Waals surface area contributed by atoms with Gasteiger partial charge in [0, 0.05) is 19.5 Å². The fourth-order valence-corrected chi connectivity index (χ4v) is 2.19. The van der Waals surface area contributed by atoms with Gasteiger partial charge in [0.25, 0.3) is 0 Å². The van der Waals surface area contributed by atoms with Crippen LogP contribution in [-0.4, -0.2) is 29.2 Å². The molecule has 0 amide bonds. The minimum absolute atomic E-state index is 0.108. The van der Waals surface area contributed by atoms with Gasteiger partial charge in [-0.1, -0.05) is 11.2 Å². The molecule has 0 unspecified atom stereocenters. The zero-order valence-corrected chi connectivity index (χ0v) is 14.3. The Labute approximate surface area is 147 Å². The third-order valence-corrected chi connectivity index (χ3v) is 3.33. The zero-order valence-electron chi connectivity index (χ0n) is 14.3. The van der Waals surface area contributed by atoms with Crippen molar-refractivity contribution in [3.63, 3.8) is 0 Å². The third kappa shape index (κ3) is 5.71. The first kappa shape index (κ1) is 19.7. The second-order valence-corrected chi connectivity index (χ2v) is 5.41. The van der Waals surface area contributed by atoms with E-state index in [0.29, 0.717) is 43.3 Å². The van der Waals surface area contributed by atoms with Crippen molar-refractivity contribution in [1.29, 1.82) is 0 Å². The van der Waals surface area contributed by atoms with Gasteiger partial charge >= 0.3 is 6.18 Å². The van der Waals surface area contributed by atoms with Crippen molar-refractivity contribution < 1.29 is 22.1 Å². The summed E-state index contributed by atoms with van der Waals surface area (Å²) >= 11 is 0. The smallest absolute Gasteiger partial charge is 0.357 e. The molecule has 0 saturated heterocycles. The van der Waals surface area contributed by atoms with Crippen LogP contribution in [-0.2, 0) is 19.1 Å². The Kier molecular flexibility index (Phi) is 6.53. The lowest BCUT2D eigenvalue weighted by molar-refractivity contribution is -0.138.